The van der Waals surface area contributed by atoms with Gasteiger partial charge in [0.05, 0.1) is 5.69 Å². The van der Waals surface area contributed by atoms with Gasteiger partial charge in [0.15, 0.2) is 0 Å². The molecule has 2 aromatic heterocycles. The van der Waals surface area contributed by atoms with Crippen LogP contribution in [0.2, 0.25) is 0 Å². The van der Waals surface area contributed by atoms with E-state index in [-0.39, 0.29) is 0 Å². The lowest BCUT2D eigenvalue weighted by Crippen LogP contribution is -2.00. The number of anilines is 1. The maximum absolute atomic E-state index is 5.91. The van der Waals surface area contributed by atoms with E-state index in [1.54, 1.807) is 6.20 Å². The van der Waals surface area contributed by atoms with Crippen LogP contribution < -0.4 is 10.1 Å². The molecule has 2 heterocycles. The van der Waals surface area contributed by atoms with Gasteiger partial charge >= 0.3 is 0 Å². The number of benzene rings is 1. The second kappa shape index (κ2) is 5.79. The molecule has 0 aliphatic carbocycles. The second-order valence-electron chi connectivity index (χ2n) is 4.86. The van der Waals surface area contributed by atoms with Crippen molar-refractivity contribution in [3.05, 3.63) is 60.0 Å². The summed E-state index contributed by atoms with van der Waals surface area (Å²) in [6, 6.07) is 13.9. The molecule has 4 nitrogen and oxygen atoms in total. The maximum Gasteiger partial charge on any atom is 0.146 e. The molecule has 1 N–H and O–H groups in total. The third kappa shape index (κ3) is 2.94. The number of rotatable bonds is 4. The average Bonchev–Trinajstić information content (AvgIpc) is 2.53. The minimum absolute atomic E-state index is 0.421. The standard InChI is InChI=1S/C17H17N3O/c1-12-6-7-13-4-3-5-16(17(13)20-12)21-11-15-10-14(18-2)8-9-19-15/h3-10H,11H2,1-2H3,(H,18,19). The van der Waals surface area contributed by atoms with E-state index in [2.05, 4.69) is 21.4 Å². The summed E-state index contributed by atoms with van der Waals surface area (Å²) in [5.74, 6) is 0.785. The Labute approximate surface area is 123 Å². The highest BCUT2D eigenvalue weighted by Gasteiger charge is 2.05. The van der Waals surface area contributed by atoms with Crippen LogP contribution >= 0.6 is 0 Å². The molecule has 0 aliphatic heterocycles. The molecule has 4 heteroatoms. The molecule has 0 aliphatic rings. The SMILES string of the molecule is CNc1ccnc(COc2cccc3ccc(C)nc23)c1. The Hall–Kier alpha value is -2.62. The molecule has 0 fully saturated rings. The summed E-state index contributed by atoms with van der Waals surface area (Å²) in [6.45, 7) is 2.40. The first-order valence-corrected chi connectivity index (χ1v) is 6.88. The van der Waals surface area contributed by atoms with Crippen molar-refractivity contribution < 1.29 is 4.74 Å². The van der Waals surface area contributed by atoms with Gasteiger partial charge in [-0.2, -0.15) is 0 Å². The number of fused-ring (bicyclic) bond motifs is 1. The van der Waals surface area contributed by atoms with Crippen molar-refractivity contribution in [2.75, 3.05) is 12.4 Å². The highest BCUT2D eigenvalue weighted by Crippen LogP contribution is 2.24. The molecule has 3 rings (SSSR count). The van der Waals surface area contributed by atoms with Gasteiger partial charge in [0.25, 0.3) is 0 Å². The van der Waals surface area contributed by atoms with Crippen LogP contribution in [0, 0.1) is 6.92 Å². The zero-order valence-corrected chi connectivity index (χ0v) is 12.1. The van der Waals surface area contributed by atoms with Crippen LogP contribution in [-0.4, -0.2) is 17.0 Å². The summed E-state index contributed by atoms with van der Waals surface area (Å²) in [4.78, 5) is 8.88. The van der Waals surface area contributed by atoms with E-state index < -0.39 is 0 Å². The van der Waals surface area contributed by atoms with E-state index in [0.717, 1.165) is 33.7 Å². The van der Waals surface area contributed by atoms with Crippen LogP contribution in [0.25, 0.3) is 10.9 Å². The van der Waals surface area contributed by atoms with Gasteiger partial charge in [0.1, 0.15) is 17.9 Å². The number of pyridine rings is 2. The Kier molecular flexibility index (Phi) is 3.69. The fourth-order valence-electron chi connectivity index (χ4n) is 2.20. The molecule has 106 valence electrons. The molecular formula is C17H17N3O. The summed E-state index contributed by atoms with van der Waals surface area (Å²) in [7, 11) is 1.89. The maximum atomic E-state index is 5.91. The van der Waals surface area contributed by atoms with Gasteiger partial charge in [-0.25, -0.2) is 4.98 Å². The van der Waals surface area contributed by atoms with Crippen LogP contribution in [-0.2, 0) is 6.61 Å². The molecular weight excluding hydrogens is 262 g/mol. The Bertz CT molecular complexity index is 771. The summed E-state index contributed by atoms with van der Waals surface area (Å²) < 4.78 is 5.91. The number of ether oxygens (including phenoxy) is 1. The highest BCUT2D eigenvalue weighted by molar-refractivity contribution is 5.84. The normalized spacial score (nSPS) is 10.6. The minimum Gasteiger partial charge on any atom is -0.485 e. The zero-order valence-electron chi connectivity index (χ0n) is 12.1. The lowest BCUT2D eigenvalue weighted by atomic mass is 10.2. The van der Waals surface area contributed by atoms with Gasteiger partial charge in [-0.3, -0.25) is 4.98 Å². The molecule has 0 spiro atoms. The predicted molar refractivity (Wildman–Crippen MR) is 84.6 cm³/mol. The Balaban J connectivity index is 1.86. The molecule has 0 radical (unpaired) electrons. The van der Waals surface area contributed by atoms with E-state index >= 15 is 0 Å². The predicted octanol–water partition coefficient (Wildman–Crippen LogP) is 3.56. The molecule has 0 saturated heterocycles. The van der Waals surface area contributed by atoms with Crippen molar-refractivity contribution in [3.63, 3.8) is 0 Å². The van der Waals surface area contributed by atoms with Crippen molar-refractivity contribution in [1.29, 1.82) is 0 Å². The Morgan fingerprint density at radius 1 is 1.14 bits per heavy atom. The largest absolute Gasteiger partial charge is 0.485 e. The molecule has 0 amide bonds. The second-order valence-corrected chi connectivity index (χ2v) is 4.86. The Morgan fingerprint density at radius 2 is 2.05 bits per heavy atom. The summed E-state index contributed by atoms with van der Waals surface area (Å²) in [5.41, 5.74) is 3.78. The lowest BCUT2D eigenvalue weighted by Gasteiger charge is -2.09. The van der Waals surface area contributed by atoms with Crippen LogP contribution in [0.15, 0.2) is 48.7 Å². The van der Waals surface area contributed by atoms with Crippen LogP contribution in [0.1, 0.15) is 11.4 Å². The van der Waals surface area contributed by atoms with Crippen LogP contribution in [0.4, 0.5) is 5.69 Å². The fraction of sp³-hybridized carbons (Fsp3) is 0.176. The van der Waals surface area contributed by atoms with Crippen molar-refractivity contribution in [2.45, 2.75) is 13.5 Å². The molecule has 21 heavy (non-hydrogen) atoms. The van der Waals surface area contributed by atoms with Crippen molar-refractivity contribution >= 4 is 16.6 Å². The van der Waals surface area contributed by atoms with Crippen molar-refractivity contribution in [3.8, 4) is 5.75 Å². The van der Waals surface area contributed by atoms with Gasteiger partial charge < -0.3 is 10.1 Å². The third-order valence-electron chi connectivity index (χ3n) is 3.30. The molecule has 3 aromatic rings. The zero-order chi connectivity index (χ0) is 14.7. The third-order valence-corrected chi connectivity index (χ3v) is 3.30. The number of nitrogens with one attached hydrogen (secondary N) is 1. The molecule has 0 saturated carbocycles. The summed E-state index contributed by atoms with van der Waals surface area (Å²) >= 11 is 0. The van der Waals surface area contributed by atoms with Crippen LogP contribution in [0.5, 0.6) is 5.75 Å². The number of aryl methyl sites for hydroxylation is 1. The highest BCUT2D eigenvalue weighted by atomic mass is 16.5. The van der Waals surface area contributed by atoms with E-state index in [0.29, 0.717) is 6.61 Å². The van der Waals surface area contributed by atoms with Gasteiger partial charge in [-0.05, 0) is 31.2 Å². The molecule has 0 atom stereocenters. The van der Waals surface area contributed by atoms with Crippen molar-refractivity contribution in [2.24, 2.45) is 0 Å². The number of nitrogens with zero attached hydrogens (tertiary/aromatic N) is 2. The minimum atomic E-state index is 0.421. The molecule has 1 aromatic carbocycles. The lowest BCUT2D eigenvalue weighted by molar-refractivity contribution is 0.304. The van der Waals surface area contributed by atoms with E-state index in [4.69, 9.17) is 4.74 Å². The monoisotopic (exact) mass is 279 g/mol. The number of hydrogen-bond donors (Lipinski definition) is 1. The van der Waals surface area contributed by atoms with Gasteiger partial charge in [0.2, 0.25) is 0 Å². The number of para-hydroxylation sites is 1. The van der Waals surface area contributed by atoms with Crippen LogP contribution in [0.3, 0.4) is 0 Å². The first kappa shape index (κ1) is 13.4. The molecule has 0 unspecified atom stereocenters. The number of hydrogen-bond acceptors (Lipinski definition) is 4. The van der Waals surface area contributed by atoms with E-state index in [1.807, 2.05) is 50.4 Å². The quantitative estimate of drug-likeness (QED) is 0.793. The topological polar surface area (TPSA) is 47.0 Å². The summed E-state index contributed by atoms with van der Waals surface area (Å²) in [5, 5.41) is 4.17. The smallest absolute Gasteiger partial charge is 0.146 e. The van der Waals surface area contributed by atoms with Gasteiger partial charge in [-0.15, -0.1) is 0 Å². The van der Waals surface area contributed by atoms with E-state index in [9.17, 15) is 0 Å². The molecule has 0 bridgehead atoms. The summed E-state index contributed by atoms with van der Waals surface area (Å²) in [6.07, 6.45) is 1.77. The first-order chi connectivity index (χ1) is 10.3. The number of aromatic nitrogens is 2. The van der Waals surface area contributed by atoms with E-state index in [1.165, 1.54) is 0 Å². The first-order valence-electron chi connectivity index (χ1n) is 6.88. The fourth-order valence-corrected chi connectivity index (χ4v) is 2.20. The van der Waals surface area contributed by atoms with Gasteiger partial charge in [-0.1, -0.05) is 18.2 Å². The average molecular weight is 279 g/mol. The van der Waals surface area contributed by atoms with Gasteiger partial charge in [0, 0.05) is 30.0 Å². The van der Waals surface area contributed by atoms with Crippen molar-refractivity contribution in [1.82, 2.24) is 9.97 Å². The Morgan fingerprint density at radius 3 is 2.90 bits per heavy atom.